The Labute approximate surface area is 103 Å². The van der Waals surface area contributed by atoms with E-state index >= 15 is 0 Å². The number of ether oxygens (including phenoxy) is 1. The van der Waals surface area contributed by atoms with E-state index in [4.69, 9.17) is 9.84 Å². The number of benzene rings is 2. The predicted octanol–water partition coefficient (Wildman–Crippen LogP) is 2.88. The fraction of sp³-hybridized carbons (Fsp3) is 0.0769. The molecular formula is C13H11NO4. The number of rotatable bonds is 4. The first-order chi connectivity index (χ1) is 8.70. The average molecular weight is 245 g/mol. The van der Waals surface area contributed by atoms with Gasteiger partial charge in [-0.05, 0) is 23.8 Å². The van der Waals surface area contributed by atoms with E-state index in [1.807, 2.05) is 0 Å². The Morgan fingerprint density at radius 2 is 1.78 bits per heavy atom. The number of para-hydroxylation sites is 2. The Bertz CT molecular complexity index is 551. The second-order valence-corrected chi connectivity index (χ2v) is 3.63. The first-order valence-electron chi connectivity index (χ1n) is 5.32. The molecule has 92 valence electrons. The zero-order valence-corrected chi connectivity index (χ0v) is 9.45. The lowest BCUT2D eigenvalue weighted by Gasteiger charge is -2.06. The van der Waals surface area contributed by atoms with Crippen LogP contribution in [0.1, 0.15) is 5.56 Å². The molecule has 0 amide bonds. The molecule has 0 aromatic heterocycles. The Morgan fingerprint density at radius 1 is 1.11 bits per heavy atom. The molecule has 2 aromatic carbocycles. The fourth-order valence-electron chi connectivity index (χ4n) is 1.48. The van der Waals surface area contributed by atoms with Crippen LogP contribution in [0.5, 0.6) is 11.5 Å². The molecule has 1 N–H and O–H groups in total. The summed E-state index contributed by atoms with van der Waals surface area (Å²) in [5.41, 5.74) is 0.675. The average Bonchev–Trinajstić information content (AvgIpc) is 2.40. The molecular weight excluding hydrogens is 234 g/mol. The van der Waals surface area contributed by atoms with Crippen molar-refractivity contribution in [2.24, 2.45) is 0 Å². The van der Waals surface area contributed by atoms with E-state index in [0.29, 0.717) is 5.75 Å². The van der Waals surface area contributed by atoms with Gasteiger partial charge in [0.15, 0.2) is 0 Å². The number of aliphatic hydroxyl groups excluding tert-OH is 1. The largest absolute Gasteiger partial charge is 0.450 e. The molecule has 2 aromatic rings. The number of hydrogen-bond donors (Lipinski definition) is 1. The second kappa shape index (κ2) is 5.29. The standard InChI is InChI=1S/C13H11NO4/c15-9-10-5-7-11(8-6-10)18-13-4-2-1-3-12(13)14(16)17/h1-8,15H,9H2. The zero-order valence-electron chi connectivity index (χ0n) is 9.45. The minimum Gasteiger partial charge on any atom is -0.450 e. The van der Waals surface area contributed by atoms with Crippen LogP contribution >= 0.6 is 0 Å². The maximum absolute atomic E-state index is 10.8. The van der Waals surface area contributed by atoms with E-state index in [1.54, 1.807) is 36.4 Å². The molecule has 0 spiro atoms. The molecule has 0 aliphatic heterocycles. The van der Waals surface area contributed by atoms with Gasteiger partial charge in [0.2, 0.25) is 5.75 Å². The van der Waals surface area contributed by atoms with Gasteiger partial charge in [-0.2, -0.15) is 0 Å². The van der Waals surface area contributed by atoms with E-state index in [2.05, 4.69) is 0 Å². The SMILES string of the molecule is O=[N+]([O-])c1ccccc1Oc1ccc(CO)cc1. The molecule has 2 rings (SSSR count). The van der Waals surface area contributed by atoms with Crippen LogP contribution in [0, 0.1) is 10.1 Å². The first-order valence-corrected chi connectivity index (χ1v) is 5.32. The second-order valence-electron chi connectivity index (χ2n) is 3.63. The minimum atomic E-state index is -0.489. The van der Waals surface area contributed by atoms with Gasteiger partial charge in [-0.1, -0.05) is 24.3 Å². The van der Waals surface area contributed by atoms with Crippen molar-refractivity contribution in [3.8, 4) is 11.5 Å². The van der Waals surface area contributed by atoms with Crippen molar-refractivity contribution >= 4 is 5.69 Å². The third-order valence-electron chi connectivity index (χ3n) is 2.40. The van der Waals surface area contributed by atoms with Crippen LogP contribution in [0.4, 0.5) is 5.69 Å². The van der Waals surface area contributed by atoms with Gasteiger partial charge in [-0.3, -0.25) is 10.1 Å². The van der Waals surface area contributed by atoms with Crippen LogP contribution in [0.15, 0.2) is 48.5 Å². The van der Waals surface area contributed by atoms with Crippen LogP contribution < -0.4 is 4.74 Å². The quantitative estimate of drug-likeness (QED) is 0.664. The Balaban J connectivity index is 2.25. The highest BCUT2D eigenvalue weighted by Crippen LogP contribution is 2.30. The number of aliphatic hydroxyl groups is 1. The summed E-state index contributed by atoms with van der Waals surface area (Å²) in [6.45, 7) is -0.0498. The lowest BCUT2D eigenvalue weighted by Crippen LogP contribution is -1.93. The third-order valence-corrected chi connectivity index (χ3v) is 2.40. The fourth-order valence-corrected chi connectivity index (χ4v) is 1.48. The zero-order chi connectivity index (χ0) is 13.0. The highest BCUT2D eigenvalue weighted by molar-refractivity contribution is 5.48. The highest BCUT2D eigenvalue weighted by Gasteiger charge is 2.14. The van der Waals surface area contributed by atoms with Crippen molar-refractivity contribution in [2.45, 2.75) is 6.61 Å². The van der Waals surface area contributed by atoms with Gasteiger partial charge in [0.05, 0.1) is 11.5 Å². The molecule has 5 nitrogen and oxygen atoms in total. The highest BCUT2D eigenvalue weighted by atomic mass is 16.6. The van der Waals surface area contributed by atoms with Gasteiger partial charge in [0.25, 0.3) is 0 Å². The molecule has 0 unspecified atom stereocenters. The molecule has 0 radical (unpaired) electrons. The number of nitro benzene ring substituents is 1. The summed E-state index contributed by atoms with van der Waals surface area (Å²) in [6.07, 6.45) is 0. The smallest absolute Gasteiger partial charge is 0.311 e. The van der Waals surface area contributed by atoms with E-state index in [9.17, 15) is 10.1 Å². The maximum Gasteiger partial charge on any atom is 0.311 e. The van der Waals surface area contributed by atoms with Crippen molar-refractivity contribution in [1.29, 1.82) is 0 Å². The lowest BCUT2D eigenvalue weighted by molar-refractivity contribution is -0.385. The third kappa shape index (κ3) is 2.64. The minimum absolute atomic E-state index is 0.0498. The molecule has 18 heavy (non-hydrogen) atoms. The van der Waals surface area contributed by atoms with E-state index in [1.165, 1.54) is 12.1 Å². The van der Waals surface area contributed by atoms with Gasteiger partial charge in [0, 0.05) is 6.07 Å². The normalized spacial score (nSPS) is 10.1. The van der Waals surface area contributed by atoms with Crippen LogP contribution in [0.3, 0.4) is 0 Å². The van der Waals surface area contributed by atoms with Crippen LogP contribution in [0.25, 0.3) is 0 Å². The van der Waals surface area contributed by atoms with Crippen molar-refractivity contribution < 1.29 is 14.8 Å². The van der Waals surface area contributed by atoms with Crippen molar-refractivity contribution in [3.63, 3.8) is 0 Å². The van der Waals surface area contributed by atoms with Gasteiger partial charge in [-0.15, -0.1) is 0 Å². The summed E-state index contributed by atoms with van der Waals surface area (Å²) < 4.78 is 5.45. The molecule has 0 atom stereocenters. The topological polar surface area (TPSA) is 72.6 Å². The Morgan fingerprint density at radius 3 is 2.39 bits per heavy atom. The molecule has 0 aliphatic carbocycles. The predicted molar refractivity (Wildman–Crippen MR) is 65.5 cm³/mol. The van der Waals surface area contributed by atoms with Gasteiger partial charge < -0.3 is 9.84 Å². The Hall–Kier alpha value is -2.40. The first kappa shape index (κ1) is 12.1. The molecule has 5 heteroatoms. The number of nitrogens with zero attached hydrogens (tertiary/aromatic N) is 1. The molecule has 0 aliphatic rings. The molecule has 0 fully saturated rings. The summed E-state index contributed by atoms with van der Waals surface area (Å²) in [5, 5.41) is 19.7. The summed E-state index contributed by atoms with van der Waals surface area (Å²) in [5.74, 6) is 0.681. The summed E-state index contributed by atoms with van der Waals surface area (Å²) >= 11 is 0. The van der Waals surface area contributed by atoms with Gasteiger partial charge in [0.1, 0.15) is 5.75 Å². The van der Waals surface area contributed by atoms with E-state index in [-0.39, 0.29) is 18.0 Å². The number of hydrogen-bond acceptors (Lipinski definition) is 4. The van der Waals surface area contributed by atoms with Gasteiger partial charge in [-0.25, -0.2) is 0 Å². The molecule has 0 saturated carbocycles. The van der Waals surface area contributed by atoms with Crippen molar-refractivity contribution in [1.82, 2.24) is 0 Å². The molecule has 0 heterocycles. The number of nitro groups is 1. The van der Waals surface area contributed by atoms with Crippen LogP contribution in [0.2, 0.25) is 0 Å². The van der Waals surface area contributed by atoms with E-state index < -0.39 is 4.92 Å². The van der Waals surface area contributed by atoms with Gasteiger partial charge >= 0.3 is 5.69 Å². The summed E-state index contributed by atoms with van der Waals surface area (Å²) in [4.78, 5) is 10.3. The molecule has 0 saturated heterocycles. The summed E-state index contributed by atoms with van der Waals surface area (Å²) in [7, 11) is 0. The van der Waals surface area contributed by atoms with E-state index in [0.717, 1.165) is 5.56 Å². The van der Waals surface area contributed by atoms with Crippen LogP contribution in [-0.2, 0) is 6.61 Å². The summed E-state index contributed by atoms with van der Waals surface area (Å²) in [6, 6.07) is 12.9. The maximum atomic E-state index is 10.8. The van der Waals surface area contributed by atoms with Crippen molar-refractivity contribution in [3.05, 3.63) is 64.2 Å². The Kier molecular flexibility index (Phi) is 3.54. The van der Waals surface area contributed by atoms with Crippen molar-refractivity contribution in [2.75, 3.05) is 0 Å². The lowest BCUT2D eigenvalue weighted by atomic mass is 10.2. The monoisotopic (exact) mass is 245 g/mol. The van der Waals surface area contributed by atoms with Crippen LogP contribution in [-0.4, -0.2) is 10.0 Å². The molecule has 0 bridgehead atoms.